The largest absolute Gasteiger partial charge is 0.372 e. The van der Waals surface area contributed by atoms with Gasteiger partial charge in [-0.3, -0.25) is 0 Å². The van der Waals surface area contributed by atoms with E-state index in [1.165, 1.54) is 0 Å². The molecule has 24 heavy (non-hydrogen) atoms. The average Bonchev–Trinajstić information content (AvgIpc) is 2.98. The molecule has 4 heterocycles. The Balaban J connectivity index is 1.96. The topological polar surface area (TPSA) is 106 Å². The summed E-state index contributed by atoms with van der Waals surface area (Å²) in [5, 5.41) is 10.7. The second-order valence-electron chi connectivity index (χ2n) is 5.70. The van der Waals surface area contributed by atoms with Crippen LogP contribution >= 0.6 is 0 Å². The van der Waals surface area contributed by atoms with Gasteiger partial charge in [0.1, 0.15) is 5.82 Å². The lowest BCUT2D eigenvalue weighted by molar-refractivity contribution is 0.629. The molecule has 8 heteroatoms. The molecule has 1 aliphatic rings. The van der Waals surface area contributed by atoms with Crippen LogP contribution in [0.15, 0.2) is 30.6 Å². The molecule has 0 amide bonds. The third-order valence-electron chi connectivity index (χ3n) is 4.05. The fourth-order valence-corrected chi connectivity index (χ4v) is 2.94. The summed E-state index contributed by atoms with van der Waals surface area (Å²) in [6, 6.07) is 3.99. The molecule has 0 radical (unpaired) electrons. The Morgan fingerprint density at radius 3 is 3.00 bits per heavy atom. The summed E-state index contributed by atoms with van der Waals surface area (Å²) in [7, 11) is 1.83. The Labute approximate surface area is 138 Å². The van der Waals surface area contributed by atoms with E-state index in [2.05, 4.69) is 38.7 Å². The lowest BCUT2D eigenvalue weighted by atomic mass is 10.00. The smallest absolute Gasteiger partial charge is 0.222 e. The second kappa shape index (κ2) is 5.57. The minimum absolute atomic E-state index is 0.170. The Morgan fingerprint density at radius 1 is 1.29 bits per heavy atom. The lowest BCUT2D eigenvalue weighted by Gasteiger charge is -2.14. The van der Waals surface area contributed by atoms with Crippen LogP contribution in [0.3, 0.4) is 0 Å². The van der Waals surface area contributed by atoms with Crippen molar-refractivity contribution in [1.82, 2.24) is 29.9 Å². The summed E-state index contributed by atoms with van der Waals surface area (Å²) in [5.74, 6) is 0.961. The van der Waals surface area contributed by atoms with Crippen molar-refractivity contribution in [2.24, 2.45) is 0 Å². The first-order chi connectivity index (χ1) is 11.7. The van der Waals surface area contributed by atoms with Gasteiger partial charge in [-0.1, -0.05) is 6.08 Å². The van der Waals surface area contributed by atoms with Gasteiger partial charge in [0.05, 0.1) is 17.6 Å². The van der Waals surface area contributed by atoms with Crippen molar-refractivity contribution in [2.75, 3.05) is 18.1 Å². The summed E-state index contributed by atoms with van der Waals surface area (Å²) in [6.45, 7) is 2.71. The fourth-order valence-electron chi connectivity index (χ4n) is 2.94. The van der Waals surface area contributed by atoms with Gasteiger partial charge in [0.25, 0.3) is 0 Å². The zero-order chi connectivity index (χ0) is 16.7. The number of nitrogens with zero attached hydrogens (tertiary/aromatic N) is 5. The van der Waals surface area contributed by atoms with Crippen molar-refractivity contribution in [3.8, 4) is 0 Å². The fraction of sp³-hybridized carbons (Fsp3) is 0.250. The van der Waals surface area contributed by atoms with E-state index in [0.717, 1.165) is 28.2 Å². The molecule has 122 valence electrons. The molecule has 3 aromatic rings. The molecule has 0 aliphatic carbocycles. The number of fused-ring (bicyclic) bond motifs is 2. The predicted molar refractivity (Wildman–Crippen MR) is 92.4 cm³/mol. The first-order valence-corrected chi connectivity index (χ1v) is 7.76. The summed E-state index contributed by atoms with van der Waals surface area (Å²) in [4.78, 5) is 13.5. The van der Waals surface area contributed by atoms with Crippen LogP contribution in [0.1, 0.15) is 23.9 Å². The summed E-state index contributed by atoms with van der Waals surface area (Å²) in [5.41, 5.74) is 10.3. The molecule has 0 bridgehead atoms. The van der Waals surface area contributed by atoms with E-state index in [-0.39, 0.29) is 12.0 Å². The number of hydrogen-bond donors (Lipinski definition) is 3. The standard InChI is InChI=1S/C16H18N8/c1-9-7-10(11-4-6-24-13(21-11)3-5-20-24)14-12(8-19-9)22-16(17)23-15(14)18-2/h3-7,9,19H,8H2,1-2H3,(H3,17,18,22,23)/t9-/m1/s1. The van der Waals surface area contributed by atoms with Gasteiger partial charge in [0.2, 0.25) is 5.95 Å². The first kappa shape index (κ1) is 14.6. The van der Waals surface area contributed by atoms with Crippen molar-refractivity contribution in [2.45, 2.75) is 19.5 Å². The van der Waals surface area contributed by atoms with E-state index in [1.54, 1.807) is 10.7 Å². The Morgan fingerprint density at radius 2 is 2.17 bits per heavy atom. The quantitative estimate of drug-likeness (QED) is 0.648. The van der Waals surface area contributed by atoms with Gasteiger partial charge in [0, 0.05) is 43.0 Å². The minimum atomic E-state index is 0.170. The number of rotatable bonds is 2. The number of nitrogens with one attached hydrogen (secondary N) is 2. The molecule has 4 rings (SSSR count). The van der Waals surface area contributed by atoms with Crippen molar-refractivity contribution in [3.05, 3.63) is 47.6 Å². The van der Waals surface area contributed by atoms with Gasteiger partial charge in [-0.25, -0.2) is 14.5 Å². The Bertz CT molecular complexity index is 942. The monoisotopic (exact) mass is 322 g/mol. The number of aromatic nitrogens is 5. The van der Waals surface area contributed by atoms with Crippen LogP contribution in [-0.4, -0.2) is 37.7 Å². The van der Waals surface area contributed by atoms with Crippen LogP contribution in [0.2, 0.25) is 0 Å². The van der Waals surface area contributed by atoms with Crippen LogP contribution in [0.25, 0.3) is 11.2 Å². The normalized spacial score (nSPS) is 17.2. The highest BCUT2D eigenvalue weighted by atomic mass is 15.2. The maximum atomic E-state index is 5.85. The van der Waals surface area contributed by atoms with Gasteiger partial charge < -0.3 is 16.4 Å². The van der Waals surface area contributed by atoms with E-state index in [0.29, 0.717) is 12.4 Å². The van der Waals surface area contributed by atoms with Gasteiger partial charge in [-0.15, -0.1) is 0 Å². The van der Waals surface area contributed by atoms with E-state index >= 15 is 0 Å². The molecule has 4 N–H and O–H groups in total. The number of anilines is 2. The second-order valence-corrected chi connectivity index (χ2v) is 5.70. The van der Waals surface area contributed by atoms with Crippen molar-refractivity contribution >= 4 is 23.0 Å². The lowest BCUT2D eigenvalue weighted by Crippen LogP contribution is -2.22. The summed E-state index contributed by atoms with van der Waals surface area (Å²) < 4.78 is 1.74. The third kappa shape index (κ3) is 2.37. The highest BCUT2D eigenvalue weighted by Gasteiger charge is 2.23. The van der Waals surface area contributed by atoms with Crippen LogP contribution in [-0.2, 0) is 6.54 Å². The van der Waals surface area contributed by atoms with Crippen molar-refractivity contribution in [1.29, 1.82) is 0 Å². The minimum Gasteiger partial charge on any atom is -0.372 e. The van der Waals surface area contributed by atoms with Crippen molar-refractivity contribution in [3.63, 3.8) is 0 Å². The Hall–Kier alpha value is -3.00. The molecule has 1 atom stereocenters. The van der Waals surface area contributed by atoms with Crippen LogP contribution < -0.4 is 16.4 Å². The van der Waals surface area contributed by atoms with E-state index in [1.807, 2.05) is 25.4 Å². The van der Waals surface area contributed by atoms with Gasteiger partial charge >= 0.3 is 0 Å². The maximum absolute atomic E-state index is 5.85. The summed E-state index contributed by atoms with van der Waals surface area (Å²) >= 11 is 0. The van der Waals surface area contributed by atoms with Crippen LogP contribution in [0, 0.1) is 0 Å². The van der Waals surface area contributed by atoms with Gasteiger partial charge in [-0.2, -0.15) is 10.1 Å². The zero-order valence-electron chi connectivity index (χ0n) is 13.5. The molecule has 1 aliphatic heterocycles. The molecule has 8 nitrogen and oxygen atoms in total. The number of nitrogen functional groups attached to an aromatic ring is 1. The zero-order valence-corrected chi connectivity index (χ0v) is 13.5. The summed E-state index contributed by atoms with van der Waals surface area (Å²) in [6.07, 6.45) is 5.77. The molecule has 0 fully saturated rings. The van der Waals surface area contributed by atoms with E-state index < -0.39 is 0 Å². The maximum Gasteiger partial charge on any atom is 0.222 e. The van der Waals surface area contributed by atoms with Crippen LogP contribution in [0.4, 0.5) is 11.8 Å². The third-order valence-corrected chi connectivity index (χ3v) is 4.05. The molecule has 0 saturated heterocycles. The molecule has 0 spiro atoms. The van der Waals surface area contributed by atoms with E-state index in [4.69, 9.17) is 10.7 Å². The van der Waals surface area contributed by atoms with Gasteiger partial charge in [0.15, 0.2) is 5.65 Å². The first-order valence-electron chi connectivity index (χ1n) is 7.76. The molecule has 3 aromatic heterocycles. The molecule has 0 aromatic carbocycles. The Kier molecular flexibility index (Phi) is 3.39. The van der Waals surface area contributed by atoms with Crippen molar-refractivity contribution < 1.29 is 0 Å². The SMILES string of the molecule is CNc1nc(N)nc2c1C(c1ccn3nccc3n1)=C[C@@H](C)NC2. The highest BCUT2D eigenvalue weighted by Crippen LogP contribution is 2.32. The molecular formula is C16H18N8. The van der Waals surface area contributed by atoms with Gasteiger partial charge in [-0.05, 0) is 13.0 Å². The van der Waals surface area contributed by atoms with E-state index in [9.17, 15) is 0 Å². The predicted octanol–water partition coefficient (Wildman–Crippen LogP) is 1.07. The average molecular weight is 322 g/mol. The highest BCUT2D eigenvalue weighted by molar-refractivity contribution is 5.86. The van der Waals surface area contributed by atoms with Crippen LogP contribution in [0.5, 0.6) is 0 Å². The molecule has 0 unspecified atom stereocenters. The molecular weight excluding hydrogens is 304 g/mol. The number of nitrogens with two attached hydrogens (primary N) is 1. The number of hydrogen-bond acceptors (Lipinski definition) is 7. The molecule has 0 saturated carbocycles.